The van der Waals surface area contributed by atoms with Crippen molar-refractivity contribution in [3.63, 3.8) is 0 Å². The third-order valence-electron chi connectivity index (χ3n) is 4.16. The summed E-state index contributed by atoms with van der Waals surface area (Å²) in [6.45, 7) is 0. The van der Waals surface area contributed by atoms with Gasteiger partial charge in [0.1, 0.15) is 5.75 Å². The van der Waals surface area contributed by atoms with Crippen LogP contribution in [0.1, 0.15) is 15.9 Å². The van der Waals surface area contributed by atoms with E-state index in [4.69, 9.17) is 4.74 Å². The van der Waals surface area contributed by atoms with Crippen LogP contribution in [-0.2, 0) is 12.8 Å². The lowest BCUT2D eigenvalue weighted by atomic mass is 10.1. The Morgan fingerprint density at radius 3 is 2.33 bits per heavy atom. The summed E-state index contributed by atoms with van der Waals surface area (Å²) in [7, 11) is 7.11. The highest BCUT2D eigenvalue weighted by molar-refractivity contribution is 7.98. The van der Waals surface area contributed by atoms with Crippen LogP contribution in [0.15, 0.2) is 53.7 Å². The maximum Gasteiger partial charge on any atom is 0.253 e. The van der Waals surface area contributed by atoms with E-state index in [1.807, 2.05) is 60.1 Å². The Hall–Kier alpha value is -2.80. The second kappa shape index (κ2) is 8.26. The molecule has 1 aromatic heterocycles. The average molecular weight is 382 g/mol. The van der Waals surface area contributed by atoms with Crippen molar-refractivity contribution >= 4 is 17.7 Å². The summed E-state index contributed by atoms with van der Waals surface area (Å²) < 4.78 is 7.18. The first-order valence-electron chi connectivity index (χ1n) is 8.47. The molecule has 1 amide bonds. The third-order valence-corrected chi connectivity index (χ3v) is 5.25. The molecule has 6 nitrogen and oxygen atoms in total. The molecule has 3 rings (SSSR count). The minimum atomic E-state index is 0.00615. The SMILES string of the molecule is COc1ccc(-c2nnc(SCc3ccc(C(=O)N(C)C)cc3)n2C)cc1. The Bertz CT molecular complexity index is 918. The van der Waals surface area contributed by atoms with Crippen molar-refractivity contribution in [1.82, 2.24) is 19.7 Å². The summed E-state index contributed by atoms with van der Waals surface area (Å²) in [5.41, 5.74) is 2.81. The number of carbonyl (C=O) groups excluding carboxylic acids is 1. The predicted molar refractivity (Wildman–Crippen MR) is 107 cm³/mol. The van der Waals surface area contributed by atoms with Gasteiger partial charge in [-0.1, -0.05) is 23.9 Å². The summed E-state index contributed by atoms with van der Waals surface area (Å²) >= 11 is 1.61. The first-order chi connectivity index (χ1) is 13.0. The van der Waals surface area contributed by atoms with Crippen molar-refractivity contribution in [1.29, 1.82) is 0 Å². The van der Waals surface area contributed by atoms with Gasteiger partial charge < -0.3 is 14.2 Å². The van der Waals surface area contributed by atoms with Crippen LogP contribution in [0.3, 0.4) is 0 Å². The van der Waals surface area contributed by atoms with Crippen LogP contribution < -0.4 is 4.74 Å². The Labute approximate surface area is 163 Å². The van der Waals surface area contributed by atoms with Gasteiger partial charge in [0.15, 0.2) is 11.0 Å². The molecule has 0 atom stereocenters. The molecule has 0 aliphatic heterocycles. The normalized spacial score (nSPS) is 10.7. The number of nitrogens with zero attached hydrogens (tertiary/aromatic N) is 4. The van der Waals surface area contributed by atoms with E-state index in [1.165, 1.54) is 0 Å². The maximum absolute atomic E-state index is 11.9. The van der Waals surface area contributed by atoms with Crippen molar-refractivity contribution in [2.45, 2.75) is 10.9 Å². The molecule has 0 unspecified atom stereocenters. The van der Waals surface area contributed by atoms with Gasteiger partial charge in [-0.3, -0.25) is 4.79 Å². The van der Waals surface area contributed by atoms with Gasteiger partial charge in [-0.15, -0.1) is 10.2 Å². The van der Waals surface area contributed by atoms with Gasteiger partial charge in [0, 0.05) is 38.0 Å². The second-order valence-electron chi connectivity index (χ2n) is 6.28. The number of aromatic nitrogens is 3. The van der Waals surface area contributed by atoms with E-state index in [-0.39, 0.29) is 5.91 Å². The molecular weight excluding hydrogens is 360 g/mol. The van der Waals surface area contributed by atoms with Crippen LogP contribution in [0.25, 0.3) is 11.4 Å². The molecule has 3 aromatic rings. The van der Waals surface area contributed by atoms with Gasteiger partial charge in [-0.2, -0.15) is 0 Å². The molecule has 0 fully saturated rings. The first kappa shape index (κ1) is 19.0. The first-order valence-corrected chi connectivity index (χ1v) is 9.45. The van der Waals surface area contributed by atoms with Gasteiger partial charge in [0.2, 0.25) is 0 Å². The molecule has 140 valence electrons. The highest BCUT2D eigenvalue weighted by atomic mass is 32.2. The highest BCUT2D eigenvalue weighted by Gasteiger charge is 2.12. The number of carbonyl (C=O) groups is 1. The van der Waals surface area contributed by atoms with E-state index < -0.39 is 0 Å². The molecule has 27 heavy (non-hydrogen) atoms. The molecule has 2 aromatic carbocycles. The molecule has 0 aliphatic carbocycles. The monoisotopic (exact) mass is 382 g/mol. The van der Waals surface area contributed by atoms with Gasteiger partial charge >= 0.3 is 0 Å². The average Bonchev–Trinajstić information content (AvgIpc) is 3.06. The van der Waals surface area contributed by atoms with Crippen LogP contribution in [0.2, 0.25) is 0 Å². The summed E-state index contributed by atoms with van der Waals surface area (Å²) in [6.07, 6.45) is 0. The highest BCUT2D eigenvalue weighted by Crippen LogP contribution is 2.26. The number of benzene rings is 2. The van der Waals surface area contributed by atoms with Crippen LogP contribution in [0.4, 0.5) is 0 Å². The van der Waals surface area contributed by atoms with Crippen LogP contribution in [-0.4, -0.2) is 46.8 Å². The smallest absolute Gasteiger partial charge is 0.253 e. The Kier molecular flexibility index (Phi) is 5.81. The summed E-state index contributed by atoms with van der Waals surface area (Å²) in [5, 5.41) is 9.46. The fraction of sp³-hybridized carbons (Fsp3) is 0.250. The van der Waals surface area contributed by atoms with Gasteiger partial charge in [-0.05, 0) is 42.0 Å². The Balaban J connectivity index is 1.68. The Morgan fingerprint density at radius 1 is 1.07 bits per heavy atom. The summed E-state index contributed by atoms with van der Waals surface area (Å²) in [5.74, 6) is 2.39. The summed E-state index contributed by atoms with van der Waals surface area (Å²) in [4.78, 5) is 13.5. The molecule has 0 aliphatic rings. The number of rotatable bonds is 6. The summed E-state index contributed by atoms with van der Waals surface area (Å²) in [6, 6.07) is 15.4. The second-order valence-corrected chi connectivity index (χ2v) is 7.22. The van der Waals surface area contributed by atoms with E-state index in [1.54, 1.807) is 37.9 Å². The number of thioether (sulfide) groups is 1. The van der Waals surface area contributed by atoms with Crippen LogP contribution in [0, 0.1) is 0 Å². The van der Waals surface area contributed by atoms with Crippen molar-refractivity contribution in [2.75, 3.05) is 21.2 Å². The van der Waals surface area contributed by atoms with E-state index >= 15 is 0 Å². The number of methoxy groups -OCH3 is 1. The molecule has 0 saturated heterocycles. The van der Waals surface area contributed by atoms with Crippen LogP contribution >= 0.6 is 11.8 Å². The fourth-order valence-electron chi connectivity index (χ4n) is 2.58. The maximum atomic E-state index is 11.9. The molecule has 0 spiro atoms. The topological polar surface area (TPSA) is 60.3 Å². The zero-order valence-electron chi connectivity index (χ0n) is 15.8. The minimum Gasteiger partial charge on any atom is -0.497 e. The van der Waals surface area contributed by atoms with E-state index in [9.17, 15) is 4.79 Å². The van der Waals surface area contributed by atoms with Gasteiger partial charge in [0.25, 0.3) is 5.91 Å². The molecule has 0 bridgehead atoms. The minimum absolute atomic E-state index is 0.00615. The molecule has 0 radical (unpaired) electrons. The standard InChI is InChI=1S/C20H22N4O2S/c1-23(2)19(25)16-7-5-14(6-8-16)13-27-20-22-21-18(24(20)3)15-9-11-17(26-4)12-10-15/h5-12H,13H2,1-4H3. The lowest BCUT2D eigenvalue weighted by Crippen LogP contribution is -2.21. The predicted octanol–water partition coefficient (Wildman–Crippen LogP) is 3.48. The van der Waals surface area contributed by atoms with Gasteiger partial charge in [0.05, 0.1) is 7.11 Å². The molecule has 0 N–H and O–H groups in total. The lowest BCUT2D eigenvalue weighted by Gasteiger charge is -2.10. The Morgan fingerprint density at radius 2 is 1.74 bits per heavy atom. The number of hydrogen-bond donors (Lipinski definition) is 0. The zero-order chi connectivity index (χ0) is 19.4. The van der Waals surface area contributed by atoms with E-state index in [2.05, 4.69) is 10.2 Å². The van der Waals surface area contributed by atoms with E-state index in [0.717, 1.165) is 33.6 Å². The largest absolute Gasteiger partial charge is 0.497 e. The molecule has 7 heteroatoms. The fourth-order valence-corrected chi connectivity index (χ4v) is 3.45. The quantitative estimate of drug-likeness (QED) is 0.611. The van der Waals surface area contributed by atoms with E-state index in [0.29, 0.717) is 5.56 Å². The molecular formula is C20H22N4O2S. The molecule has 0 saturated carbocycles. The number of hydrogen-bond acceptors (Lipinski definition) is 5. The van der Waals surface area contributed by atoms with Gasteiger partial charge in [-0.25, -0.2) is 0 Å². The van der Waals surface area contributed by atoms with Crippen molar-refractivity contribution in [3.05, 3.63) is 59.7 Å². The lowest BCUT2D eigenvalue weighted by molar-refractivity contribution is 0.0827. The molecule has 1 heterocycles. The van der Waals surface area contributed by atoms with Crippen molar-refractivity contribution in [3.8, 4) is 17.1 Å². The third kappa shape index (κ3) is 4.31. The van der Waals surface area contributed by atoms with Crippen LogP contribution in [0.5, 0.6) is 5.75 Å². The zero-order valence-corrected chi connectivity index (χ0v) is 16.7. The van der Waals surface area contributed by atoms with Crippen molar-refractivity contribution in [2.24, 2.45) is 7.05 Å². The van der Waals surface area contributed by atoms with Crippen molar-refractivity contribution < 1.29 is 9.53 Å². The number of amides is 1. The number of ether oxygens (including phenoxy) is 1.